The third-order valence-electron chi connectivity index (χ3n) is 6.16. The molecule has 0 radical (unpaired) electrons. The average molecular weight is 486 g/mol. The second kappa shape index (κ2) is 11.2. The number of hydrogen-bond acceptors (Lipinski definition) is 6. The first-order valence-corrected chi connectivity index (χ1v) is 12.0. The number of hydrogen-bond donors (Lipinski definition) is 2. The smallest absolute Gasteiger partial charge is 0.137 e. The van der Waals surface area contributed by atoms with Crippen molar-refractivity contribution in [3.63, 3.8) is 0 Å². The van der Waals surface area contributed by atoms with Gasteiger partial charge in [0.2, 0.25) is 0 Å². The Hall–Kier alpha value is -2.58. The van der Waals surface area contributed by atoms with Crippen molar-refractivity contribution in [1.82, 2.24) is 14.5 Å². The number of likely N-dealkylation sites (tertiary alicyclic amines) is 1. The summed E-state index contributed by atoms with van der Waals surface area (Å²) < 4.78 is 13.8. The lowest BCUT2D eigenvalue weighted by Crippen LogP contribution is -2.59. The lowest BCUT2D eigenvalue weighted by atomic mass is 9.90. The molecule has 0 bridgehead atoms. The Morgan fingerprint density at radius 3 is 2.71 bits per heavy atom. The van der Waals surface area contributed by atoms with Crippen LogP contribution in [-0.4, -0.2) is 62.7 Å². The minimum Gasteiger partial charge on any atom is -0.494 e. The first-order valence-electron chi connectivity index (χ1n) is 11.6. The molecule has 7 nitrogen and oxygen atoms in total. The summed E-state index contributed by atoms with van der Waals surface area (Å²) in [4.78, 5) is 6.37. The van der Waals surface area contributed by atoms with Crippen molar-refractivity contribution in [2.75, 3.05) is 26.3 Å². The van der Waals surface area contributed by atoms with Crippen molar-refractivity contribution < 1.29 is 19.7 Å². The zero-order chi connectivity index (χ0) is 24.0. The highest BCUT2D eigenvalue weighted by Crippen LogP contribution is 2.26. The van der Waals surface area contributed by atoms with E-state index in [-0.39, 0.29) is 6.61 Å². The topological polar surface area (TPSA) is 80.0 Å². The molecule has 1 fully saturated rings. The third kappa shape index (κ3) is 6.51. The van der Waals surface area contributed by atoms with Crippen molar-refractivity contribution in [2.24, 2.45) is 0 Å². The summed E-state index contributed by atoms with van der Waals surface area (Å²) in [6.07, 6.45) is 4.30. The lowest BCUT2D eigenvalue weighted by Gasteiger charge is -2.42. The van der Waals surface area contributed by atoms with Gasteiger partial charge in [0.15, 0.2) is 0 Å². The normalized spacial score (nSPS) is 20.9. The molecule has 0 saturated carbocycles. The number of rotatable bonds is 10. The molecule has 1 aromatic heterocycles. The van der Waals surface area contributed by atoms with E-state index in [0.717, 1.165) is 30.1 Å². The van der Waals surface area contributed by atoms with Crippen LogP contribution in [0.15, 0.2) is 60.9 Å². The number of aliphatic hydroxyl groups excluding tert-OH is 1. The summed E-state index contributed by atoms with van der Waals surface area (Å²) in [5.74, 6) is 2.40. The predicted molar refractivity (Wildman–Crippen MR) is 131 cm³/mol. The van der Waals surface area contributed by atoms with Gasteiger partial charge in [-0.25, -0.2) is 4.98 Å². The molecule has 4 rings (SSSR count). The first kappa shape index (κ1) is 24.5. The van der Waals surface area contributed by atoms with Gasteiger partial charge in [-0.15, -0.1) is 0 Å². The van der Waals surface area contributed by atoms with Crippen molar-refractivity contribution in [3.8, 4) is 11.5 Å². The summed E-state index contributed by atoms with van der Waals surface area (Å²) in [5.41, 5.74) is -0.266. The van der Waals surface area contributed by atoms with Crippen molar-refractivity contribution in [2.45, 2.75) is 44.6 Å². The number of aliphatic hydroxyl groups is 2. The van der Waals surface area contributed by atoms with Gasteiger partial charge >= 0.3 is 0 Å². The molecule has 1 saturated heterocycles. The number of piperidine rings is 1. The molecule has 34 heavy (non-hydrogen) atoms. The summed E-state index contributed by atoms with van der Waals surface area (Å²) in [5, 5.41) is 22.2. The fourth-order valence-corrected chi connectivity index (χ4v) is 4.42. The minimum atomic E-state index is -1.36. The van der Waals surface area contributed by atoms with E-state index in [1.165, 1.54) is 0 Å². The maximum absolute atomic E-state index is 11.1. The van der Waals surface area contributed by atoms with Gasteiger partial charge in [0.05, 0.1) is 12.7 Å². The molecule has 0 amide bonds. The molecule has 0 aliphatic carbocycles. The molecule has 1 aliphatic heterocycles. The van der Waals surface area contributed by atoms with Gasteiger partial charge in [0.25, 0.3) is 0 Å². The Bertz CT molecular complexity index is 1080. The molecular weight excluding hydrogens is 454 g/mol. The van der Waals surface area contributed by atoms with Crippen LogP contribution >= 0.6 is 11.6 Å². The van der Waals surface area contributed by atoms with Crippen LogP contribution in [0.25, 0.3) is 0 Å². The summed E-state index contributed by atoms with van der Waals surface area (Å²) in [7, 11) is 0. The fourth-order valence-electron chi connectivity index (χ4n) is 4.24. The van der Waals surface area contributed by atoms with Crippen LogP contribution in [0.2, 0.25) is 5.02 Å². The molecule has 2 atom stereocenters. The number of benzene rings is 2. The van der Waals surface area contributed by atoms with E-state index < -0.39 is 11.7 Å². The maximum Gasteiger partial charge on any atom is 0.137 e. The standard InChI is InChI=1S/C26H32ClN3O4/c1-20-28-10-13-30(20)11-4-14-33-23-7-2-5-21(15-23)17-29-12-9-25(31)26(32,18-29)19-34-24-8-3-6-22(27)16-24/h2-3,5-8,10,13,15-16,25,31-32H,4,9,11-12,14,17-19H2,1H3/t25-,26-/m0/s1. The van der Waals surface area contributed by atoms with Gasteiger partial charge in [-0.1, -0.05) is 29.8 Å². The van der Waals surface area contributed by atoms with E-state index >= 15 is 0 Å². The zero-order valence-electron chi connectivity index (χ0n) is 19.4. The van der Waals surface area contributed by atoms with Gasteiger partial charge in [-0.05, 0) is 55.7 Å². The van der Waals surface area contributed by atoms with E-state index in [0.29, 0.717) is 43.4 Å². The molecule has 8 heteroatoms. The molecular formula is C26H32ClN3O4. The van der Waals surface area contributed by atoms with Crippen LogP contribution < -0.4 is 9.47 Å². The number of ether oxygens (including phenoxy) is 2. The molecule has 2 heterocycles. The van der Waals surface area contributed by atoms with E-state index in [1.54, 1.807) is 24.3 Å². The third-order valence-corrected chi connectivity index (χ3v) is 6.40. The minimum absolute atomic E-state index is 0.00938. The highest BCUT2D eigenvalue weighted by molar-refractivity contribution is 6.30. The van der Waals surface area contributed by atoms with Gasteiger partial charge in [-0.2, -0.15) is 0 Å². The highest BCUT2D eigenvalue weighted by atomic mass is 35.5. The Morgan fingerprint density at radius 2 is 1.94 bits per heavy atom. The monoisotopic (exact) mass is 485 g/mol. The number of nitrogens with zero attached hydrogens (tertiary/aromatic N) is 3. The average Bonchev–Trinajstić information content (AvgIpc) is 3.23. The van der Waals surface area contributed by atoms with Crippen molar-refractivity contribution in [1.29, 1.82) is 0 Å². The van der Waals surface area contributed by atoms with Gasteiger partial charge in [0, 0.05) is 43.6 Å². The van der Waals surface area contributed by atoms with Crippen LogP contribution in [0.3, 0.4) is 0 Å². The largest absolute Gasteiger partial charge is 0.494 e. The quantitative estimate of drug-likeness (QED) is 0.426. The molecule has 2 N–H and O–H groups in total. The fraction of sp³-hybridized carbons (Fsp3) is 0.423. The van der Waals surface area contributed by atoms with Crippen LogP contribution in [0.5, 0.6) is 11.5 Å². The van der Waals surface area contributed by atoms with Crippen molar-refractivity contribution >= 4 is 11.6 Å². The molecule has 0 unspecified atom stereocenters. The van der Waals surface area contributed by atoms with Gasteiger partial charge in [0.1, 0.15) is 29.5 Å². The van der Waals surface area contributed by atoms with E-state index in [9.17, 15) is 10.2 Å². The highest BCUT2D eigenvalue weighted by Gasteiger charge is 2.42. The summed E-state index contributed by atoms with van der Waals surface area (Å²) in [6, 6.07) is 15.1. The Labute approximate surface area is 205 Å². The predicted octanol–water partition coefficient (Wildman–Crippen LogP) is 3.69. The van der Waals surface area contributed by atoms with E-state index in [4.69, 9.17) is 21.1 Å². The molecule has 3 aromatic rings. The molecule has 1 aliphatic rings. The maximum atomic E-state index is 11.1. The Kier molecular flexibility index (Phi) is 8.11. The zero-order valence-corrected chi connectivity index (χ0v) is 20.2. The van der Waals surface area contributed by atoms with Crippen LogP contribution in [0, 0.1) is 6.92 Å². The first-order chi connectivity index (χ1) is 16.4. The molecule has 0 spiro atoms. The van der Waals surface area contributed by atoms with Crippen molar-refractivity contribution in [3.05, 3.63) is 77.3 Å². The van der Waals surface area contributed by atoms with E-state index in [2.05, 4.69) is 14.5 Å². The molecule has 182 valence electrons. The summed E-state index contributed by atoms with van der Waals surface area (Å²) >= 11 is 6.01. The number of imidazole rings is 1. The van der Waals surface area contributed by atoms with Crippen LogP contribution in [0.4, 0.5) is 0 Å². The molecule has 2 aromatic carbocycles. The Balaban J connectivity index is 1.29. The number of aromatic nitrogens is 2. The van der Waals surface area contributed by atoms with Gasteiger partial charge < -0.3 is 24.3 Å². The van der Waals surface area contributed by atoms with Crippen LogP contribution in [0.1, 0.15) is 24.2 Å². The lowest BCUT2D eigenvalue weighted by molar-refractivity contribution is -0.140. The Morgan fingerprint density at radius 1 is 1.15 bits per heavy atom. The number of β-amino-alcohol motifs (C(OH)–C–C–N with tert-alkyl or cyclic N) is 1. The second-order valence-electron chi connectivity index (χ2n) is 8.88. The SMILES string of the molecule is Cc1nccn1CCCOc1cccc(CN2CC[C@H](O)[C@@](O)(COc3cccc(Cl)c3)C2)c1. The second-order valence-corrected chi connectivity index (χ2v) is 9.32. The van der Waals surface area contributed by atoms with Gasteiger partial charge in [-0.3, -0.25) is 4.90 Å². The van der Waals surface area contributed by atoms with Crippen LogP contribution in [-0.2, 0) is 13.1 Å². The number of aryl methyl sites for hydroxylation is 2. The summed E-state index contributed by atoms with van der Waals surface area (Å²) in [6.45, 7) is 5.13. The number of halogens is 1. The van der Waals surface area contributed by atoms with E-state index in [1.807, 2.05) is 43.6 Å².